The highest BCUT2D eigenvalue weighted by atomic mass is 32.2. The van der Waals surface area contributed by atoms with Gasteiger partial charge in [-0.3, -0.25) is 0 Å². The molecule has 1 aliphatic heterocycles. The van der Waals surface area contributed by atoms with Crippen LogP contribution in [-0.4, -0.2) is 25.2 Å². The van der Waals surface area contributed by atoms with Gasteiger partial charge in [-0.2, -0.15) is 8.42 Å². The van der Waals surface area contributed by atoms with E-state index in [0.29, 0.717) is 4.86 Å². The average Bonchev–Trinajstić information content (AvgIpc) is 2.68. The number of hydrogen-bond acceptors (Lipinski definition) is 3. The summed E-state index contributed by atoms with van der Waals surface area (Å²) in [5, 5.41) is 0. The number of rotatable bonds is 1. The molecule has 1 atom stereocenters. The van der Waals surface area contributed by atoms with E-state index < -0.39 is 10.3 Å². The molecule has 4 heteroatoms. The summed E-state index contributed by atoms with van der Waals surface area (Å²) in [6, 6.07) is 9.66. The monoisotopic (exact) mass is 313 g/mol. The molecule has 3 rings (SSSR count). The van der Waals surface area contributed by atoms with E-state index >= 15 is 0 Å². The molecule has 1 unspecified atom stereocenters. The van der Waals surface area contributed by atoms with Crippen LogP contribution >= 0.6 is 0 Å². The minimum atomic E-state index is -2.28. The number of nitrogens with zero attached hydrogens (tertiary/aromatic N) is 1. The van der Waals surface area contributed by atoms with E-state index in [1.165, 1.54) is 0 Å². The Hall–Kier alpha value is -2.07. The summed E-state index contributed by atoms with van der Waals surface area (Å²) in [6.07, 6.45) is 3.92. The van der Waals surface area contributed by atoms with Gasteiger partial charge in [0.15, 0.2) is 0 Å². The third-order valence-electron chi connectivity index (χ3n) is 4.77. The molecule has 0 bridgehead atoms. The summed E-state index contributed by atoms with van der Waals surface area (Å²) in [4.78, 5) is 2.47. The van der Waals surface area contributed by atoms with Crippen molar-refractivity contribution in [3.8, 4) is 0 Å². The maximum absolute atomic E-state index is 12.0. The second-order valence-electron chi connectivity index (χ2n) is 6.30. The molecule has 1 heterocycles. The van der Waals surface area contributed by atoms with Crippen molar-refractivity contribution in [2.45, 2.75) is 13.8 Å². The van der Waals surface area contributed by atoms with Crippen LogP contribution in [0.5, 0.6) is 0 Å². The van der Waals surface area contributed by atoms with Gasteiger partial charge in [0.2, 0.25) is 10.3 Å². The van der Waals surface area contributed by atoms with Crippen LogP contribution in [0.2, 0.25) is 0 Å². The van der Waals surface area contributed by atoms with Crippen molar-refractivity contribution in [1.82, 2.24) is 4.90 Å². The maximum atomic E-state index is 12.0. The van der Waals surface area contributed by atoms with E-state index in [1.54, 1.807) is 0 Å². The van der Waals surface area contributed by atoms with Gasteiger partial charge in [0.1, 0.15) is 0 Å². The van der Waals surface area contributed by atoms with Crippen molar-refractivity contribution in [3.05, 3.63) is 66.0 Å². The molecule has 1 saturated heterocycles. The SMILES string of the molecule is C=C1N(C)C2=CC=C(c3ccccc3)C(=S(=O)=O)C2C1(C)C. The third-order valence-corrected chi connectivity index (χ3v) is 5.58. The molecule has 1 aromatic rings. The number of allylic oxidation sites excluding steroid dienone is 5. The standard InChI is InChI=1S/C18H19NO2S/c1-12-18(2,3)16-15(19(12)4)11-10-14(17(16)22(20)21)13-8-6-5-7-9-13/h5-11,16H,1H2,2-4H3. The Morgan fingerprint density at radius 2 is 1.77 bits per heavy atom. The Labute approximate surface area is 132 Å². The van der Waals surface area contributed by atoms with Crippen molar-refractivity contribution in [2.75, 3.05) is 7.05 Å². The molecular weight excluding hydrogens is 294 g/mol. The molecule has 2 aliphatic rings. The first-order valence-electron chi connectivity index (χ1n) is 7.22. The van der Waals surface area contributed by atoms with E-state index in [0.717, 1.165) is 22.5 Å². The van der Waals surface area contributed by atoms with Crippen LogP contribution in [0, 0.1) is 11.3 Å². The number of fused-ring (bicyclic) bond motifs is 1. The van der Waals surface area contributed by atoms with Crippen molar-refractivity contribution >= 4 is 20.7 Å². The maximum Gasteiger partial charge on any atom is 0.218 e. The summed E-state index contributed by atoms with van der Waals surface area (Å²) in [5.74, 6) is -0.191. The number of benzene rings is 1. The summed E-state index contributed by atoms with van der Waals surface area (Å²) in [7, 11) is -0.333. The molecular formula is C18H19NO2S. The van der Waals surface area contributed by atoms with E-state index in [-0.39, 0.29) is 11.3 Å². The van der Waals surface area contributed by atoms with Crippen LogP contribution in [0.3, 0.4) is 0 Å². The van der Waals surface area contributed by atoms with Crippen LogP contribution in [-0.2, 0) is 10.3 Å². The Morgan fingerprint density at radius 1 is 1.14 bits per heavy atom. The van der Waals surface area contributed by atoms with Crippen LogP contribution in [0.25, 0.3) is 5.57 Å². The Morgan fingerprint density at radius 3 is 2.36 bits per heavy atom. The summed E-state index contributed by atoms with van der Waals surface area (Å²) in [5.41, 5.74) is 3.31. The molecule has 1 aromatic carbocycles. The molecule has 0 N–H and O–H groups in total. The third kappa shape index (κ3) is 1.98. The molecule has 1 fully saturated rings. The lowest BCUT2D eigenvalue weighted by Crippen LogP contribution is -2.30. The van der Waals surface area contributed by atoms with Crippen molar-refractivity contribution in [2.24, 2.45) is 11.3 Å². The van der Waals surface area contributed by atoms with Crippen molar-refractivity contribution in [1.29, 1.82) is 0 Å². The smallest absolute Gasteiger partial charge is 0.218 e. The lowest BCUT2D eigenvalue weighted by Gasteiger charge is -2.29. The molecule has 0 radical (unpaired) electrons. The van der Waals surface area contributed by atoms with E-state index in [2.05, 4.69) is 20.4 Å². The number of likely N-dealkylation sites (tertiary alicyclic amines) is 1. The lowest BCUT2D eigenvalue weighted by atomic mass is 9.73. The van der Waals surface area contributed by atoms with Gasteiger partial charge in [-0.1, -0.05) is 56.8 Å². The average molecular weight is 313 g/mol. The zero-order valence-electron chi connectivity index (χ0n) is 13.0. The van der Waals surface area contributed by atoms with Gasteiger partial charge < -0.3 is 4.90 Å². The highest BCUT2D eigenvalue weighted by Crippen LogP contribution is 2.52. The number of hydrogen-bond donors (Lipinski definition) is 0. The fourth-order valence-electron chi connectivity index (χ4n) is 3.44. The quantitative estimate of drug-likeness (QED) is 0.748. The Bertz CT molecular complexity index is 834. The first kappa shape index (κ1) is 14.9. The first-order chi connectivity index (χ1) is 10.4. The fourth-order valence-corrected chi connectivity index (χ4v) is 4.41. The molecule has 0 spiro atoms. The Balaban J connectivity index is 2.27. The van der Waals surface area contributed by atoms with Gasteiger partial charge in [-0.15, -0.1) is 0 Å². The molecule has 0 saturated carbocycles. The minimum absolute atomic E-state index is 0.191. The van der Waals surface area contributed by atoms with E-state index in [4.69, 9.17) is 0 Å². The van der Waals surface area contributed by atoms with Crippen LogP contribution in [0.15, 0.2) is 60.5 Å². The minimum Gasteiger partial charge on any atom is -0.351 e. The molecule has 0 aromatic heterocycles. The van der Waals surface area contributed by atoms with E-state index in [9.17, 15) is 8.42 Å². The fraction of sp³-hybridized carbons (Fsp3) is 0.278. The summed E-state index contributed by atoms with van der Waals surface area (Å²) < 4.78 is 24.1. The molecule has 3 nitrogen and oxygen atoms in total. The highest BCUT2D eigenvalue weighted by molar-refractivity contribution is 7.74. The highest BCUT2D eigenvalue weighted by Gasteiger charge is 2.49. The van der Waals surface area contributed by atoms with Gasteiger partial charge >= 0.3 is 0 Å². The molecule has 22 heavy (non-hydrogen) atoms. The zero-order valence-corrected chi connectivity index (χ0v) is 13.8. The van der Waals surface area contributed by atoms with Gasteiger partial charge in [-0.25, -0.2) is 0 Å². The van der Waals surface area contributed by atoms with Crippen LogP contribution < -0.4 is 0 Å². The summed E-state index contributed by atoms with van der Waals surface area (Å²) >= 11 is 0. The topological polar surface area (TPSA) is 37.4 Å². The second kappa shape index (κ2) is 4.99. The lowest BCUT2D eigenvalue weighted by molar-refractivity contribution is 0.407. The van der Waals surface area contributed by atoms with Gasteiger partial charge in [0.25, 0.3) is 0 Å². The van der Waals surface area contributed by atoms with Crippen molar-refractivity contribution in [3.63, 3.8) is 0 Å². The summed E-state index contributed by atoms with van der Waals surface area (Å²) in [6.45, 7) is 8.26. The van der Waals surface area contributed by atoms with Gasteiger partial charge in [0, 0.05) is 29.4 Å². The van der Waals surface area contributed by atoms with Crippen molar-refractivity contribution < 1.29 is 8.42 Å². The predicted octanol–water partition coefficient (Wildman–Crippen LogP) is 3.12. The largest absolute Gasteiger partial charge is 0.351 e. The first-order valence-corrected chi connectivity index (χ1v) is 8.30. The predicted molar refractivity (Wildman–Crippen MR) is 90.6 cm³/mol. The second-order valence-corrected chi connectivity index (χ2v) is 7.21. The molecule has 0 amide bonds. The van der Waals surface area contributed by atoms with E-state index in [1.807, 2.05) is 54.4 Å². The van der Waals surface area contributed by atoms with Gasteiger partial charge in [-0.05, 0) is 11.6 Å². The molecule has 1 aliphatic carbocycles. The Kier molecular flexibility index (Phi) is 3.37. The van der Waals surface area contributed by atoms with Gasteiger partial charge in [0.05, 0.1) is 10.8 Å². The zero-order chi connectivity index (χ0) is 16.1. The normalized spacial score (nSPS) is 23.0. The van der Waals surface area contributed by atoms with Crippen LogP contribution in [0.1, 0.15) is 19.4 Å². The van der Waals surface area contributed by atoms with Crippen LogP contribution in [0.4, 0.5) is 0 Å². The molecule has 114 valence electrons.